The van der Waals surface area contributed by atoms with E-state index in [4.69, 9.17) is 28.9 Å². The van der Waals surface area contributed by atoms with Crippen molar-refractivity contribution in [3.63, 3.8) is 0 Å². The number of nitrogens with zero attached hydrogens (tertiary/aromatic N) is 1. The fourth-order valence-corrected chi connectivity index (χ4v) is 3.60. The Hall–Kier alpha value is -1.86. The van der Waals surface area contributed by atoms with Crippen LogP contribution in [0.4, 0.5) is 10.1 Å². The van der Waals surface area contributed by atoms with Gasteiger partial charge in [0.05, 0.1) is 0 Å². The number of rotatable bonds is 13. The Bertz CT molecular complexity index is 769. The van der Waals surface area contributed by atoms with E-state index in [0.717, 1.165) is 29.9 Å². The van der Waals surface area contributed by atoms with Gasteiger partial charge in [-0.05, 0) is 48.2 Å². The quantitative estimate of drug-likeness (QED) is 0.404. The fourth-order valence-electron chi connectivity index (χ4n) is 3.19. The van der Waals surface area contributed by atoms with Gasteiger partial charge in [-0.2, -0.15) is 0 Å². The number of benzene rings is 2. The van der Waals surface area contributed by atoms with E-state index in [1.165, 1.54) is 12.1 Å². The molecule has 0 amide bonds. The van der Waals surface area contributed by atoms with Gasteiger partial charge in [0.2, 0.25) is 0 Å². The maximum atomic E-state index is 13.0. The van der Waals surface area contributed by atoms with Crippen LogP contribution in [-0.4, -0.2) is 54.6 Å². The number of halogens is 3. The summed E-state index contributed by atoms with van der Waals surface area (Å²) < 4.78 is 13.0. The number of carboxylic acid groups (broad SMARTS) is 1. The van der Waals surface area contributed by atoms with Crippen LogP contribution in [0, 0.1) is 5.82 Å². The van der Waals surface area contributed by atoms with E-state index < -0.39 is 12.0 Å². The van der Waals surface area contributed by atoms with Gasteiger partial charge in [0.15, 0.2) is 0 Å². The van der Waals surface area contributed by atoms with Crippen molar-refractivity contribution in [3.05, 3.63) is 65.5 Å². The van der Waals surface area contributed by atoms with Crippen molar-refractivity contribution in [1.82, 2.24) is 5.32 Å². The number of carboxylic acids is 1. The first-order valence-electron chi connectivity index (χ1n) is 9.85. The highest BCUT2D eigenvalue weighted by atomic mass is 35.5. The monoisotopic (exact) mass is 455 g/mol. The zero-order chi connectivity index (χ0) is 21.9. The van der Waals surface area contributed by atoms with Crippen molar-refractivity contribution in [2.75, 3.05) is 36.3 Å². The second kappa shape index (κ2) is 12.7. The Labute approximate surface area is 187 Å². The first-order valence-corrected chi connectivity index (χ1v) is 10.9. The molecule has 0 saturated heterocycles. The van der Waals surface area contributed by atoms with E-state index in [9.17, 15) is 14.3 Å². The number of carbonyl (C=O) groups is 1. The van der Waals surface area contributed by atoms with Crippen molar-refractivity contribution >= 4 is 34.9 Å². The number of nitrogens with two attached hydrogens (primary N) is 1. The Morgan fingerprint density at radius 1 is 1.00 bits per heavy atom. The third kappa shape index (κ3) is 8.11. The minimum atomic E-state index is -0.963. The second-order valence-corrected chi connectivity index (χ2v) is 7.88. The predicted octanol–water partition coefficient (Wildman–Crippen LogP) is 3.27. The molecule has 0 radical (unpaired) electrons. The number of hydrogen-bond acceptors (Lipinski definition) is 4. The standard InChI is InChI=1S/C22H28Cl2FN3O2/c23-9-11-28(12-10-24)20-7-3-16(4-8-20)13-19(26)15-27-21(22(29)30)14-17-1-5-18(25)6-2-17/h1-8,19,21,27H,9-15,26H2,(H,29,30)/t19-,21-/m0/s1. The van der Waals surface area contributed by atoms with Crippen LogP contribution in [0.1, 0.15) is 11.1 Å². The summed E-state index contributed by atoms with van der Waals surface area (Å²) in [7, 11) is 0. The van der Waals surface area contributed by atoms with Gasteiger partial charge in [0.25, 0.3) is 0 Å². The lowest BCUT2D eigenvalue weighted by Gasteiger charge is -2.23. The van der Waals surface area contributed by atoms with Crippen molar-refractivity contribution in [2.24, 2.45) is 5.73 Å². The lowest BCUT2D eigenvalue weighted by atomic mass is 10.0. The summed E-state index contributed by atoms with van der Waals surface area (Å²) in [6.07, 6.45) is 0.870. The molecule has 2 atom stereocenters. The van der Waals surface area contributed by atoms with Crippen LogP contribution in [0.5, 0.6) is 0 Å². The molecule has 2 aromatic carbocycles. The van der Waals surface area contributed by atoms with E-state index in [-0.39, 0.29) is 18.3 Å². The van der Waals surface area contributed by atoms with Crippen LogP contribution >= 0.6 is 23.2 Å². The molecule has 4 N–H and O–H groups in total. The number of hydrogen-bond donors (Lipinski definition) is 3. The van der Waals surface area contributed by atoms with E-state index in [2.05, 4.69) is 10.2 Å². The molecule has 0 saturated carbocycles. The van der Waals surface area contributed by atoms with Gasteiger partial charge in [0.1, 0.15) is 11.9 Å². The van der Waals surface area contributed by atoms with Gasteiger partial charge in [0, 0.05) is 43.1 Å². The van der Waals surface area contributed by atoms with Gasteiger partial charge in [-0.15, -0.1) is 23.2 Å². The molecule has 8 heteroatoms. The van der Waals surface area contributed by atoms with Gasteiger partial charge in [-0.25, -0.2) is 4.39 Å². The summed E-state index contributed by atoms with van der Waals surface area (Å²) in [5.41, 5.74) is 9.08. The van der Waals surface area contributed by atoms with E-state index in [1.54, 1.807) is 12.1 Å². The summed E-state index contributed by atoms with van der Waals surface area (Å²) >= 11 is 11.7. The van der Waals surface area contributed by atoms with Crippen LogP contribution in [0.15, 0.2) is 48.5 Å². The molecule has 0 aromatic heterocycles. The van der Waals surface area contributed by atoms with Gasteiger partial charge in [-0.1, -0.05) is 24.3 Å². The smallest absolute Gasteiger partial charge is 0.321 e. The molecule has 30 heavy (non-hydrogen) atoms. The largest absolute Gasteiger partial charge is 0.480 e. The fraction of sp³-hybridized carbons (Fsp3) is 0.409. The van der Waals surface area contributed by atoms with Crippen LogP contribution in [-0.2, 0) is 17.6 Å². The topological polar surface area (TPSA) is 78.6 Å². The third-order valence-corrected chi connectivity index (χ3v) is 5.12. The first-order chi connectivity index (χ1) is 14.4. The van der Waals surface area contributed by atoms with E-state index in [1.807, 2.05) is 24.3 Å². The Balaban J connectivity index is 1.88. The second-order valence-electron chi connectivity index (χ2n) is 7.13. The Morgan fingerprint density at radius 3 is 2.07 bits per heavy atom. The molecule has 0 aliphatic carbocycles. The Morgan fingerprint density at radius 2 is 1.53 bits per heavy atom. The van der Waals surface area contributed by atoms with E-state index in [0.29, 0.717) is 24.7 Å². The molecule has 0 spiro atoms. The zero-order valence-electron chi connectivity index (χ0n) is 16.7. The molecule has 2 rings (SSSR count). The van der Waals surface area contributed by atoms with Crippen LogP contribution in [0.3, 0.4) is 0 Å². The zero-order valence-corrected chi connectivity index (χ0v) is 18.2. The number of nitrogens with one attached hydrogen (secondary N) is 1. The van der Waals surface area contributed by atoms with Crippen molar-refractivity contribution in [2.45, 2.75) is 24.9 Å². The molecule has 5 nitrogen and oxygen atoms in total. The number of alkyl halides is 2. The first kappa shape index (κ1) is 24.4. The summed E-state index contributed by atoms with van der Waals surface area (Å²) in [5, 5.41) is 12.5. The van der Waals surface area contributed by atoms with E-state index >= 15 is 0 Å². The molecule has 0 unspecified atom stereocenters. The van der Waals surface area contributed by atoms with Crippen LogP contribution < -0.4 is 16.0 Å². The number of anilines is 1. The molecule has 2 aromatic rings. The summed E-state index contributed by atoms with van der Waals surface area (Å²) in [4.78, 5) is 13.7. The third-order valence-electron chi connectivity index (χ3n) is 4.79. The molecule has 0 aliphatic heterocycles. The lowest BCUT2D eigenvalue weighted by Crippen LogP contribution is -2.45. The normalized spacial score (nSPS) is 13.1. The summed E-state index contributed by atoms with van der Waals surface area (Å²) in [6, 6.07) is 12.9. The van der Waals surface area contributed by atoms with Crippen LogP contribution in [0.2, 0.25) is 0 Å². The maximum absolute atomic E-state index is 13.0. The Kier molecular flexibility index (Phi) is 10.4. The summed E-state index contributed by atoms with van der Waals surface area (Å²) in [6.45, 7) is 1.80. The molecule has 0 bridgehead atoms. The van der Waals surface area contributed by atoms with Crippen molar-refractivity contribution < 1.29 is 14.3 Å². The minimum absolute atomic E-state index is 0.243. The molecule has 164 valence electrons. The predicted molar refractivity (Wildman–Crippen MR) is 121 cm³/mol. The molecular weight excluding hydrogens is 428 g/mol. The summed E-state index contributed by atoms with van der Waals surface area (Å²) in [5.74, 6) is -0.259. The SMILES string of the molecule is N[C@H](CN[C@@H](Cc1ccc(F)cc1)C(=O)O)Cc1ccc(N(CCCl)CCCl)cc1. The molecular formula is C22H28Cl2FN3O2. The minimum Gasteiger partial charge on any atom is -0.480 e. The van der Waals surface area contributed by atoms with Crippen molar-refractivity contribution in [1.29, 1.82) is 0 Å². The lowest BCUT2D eigenvalue weighted by molar-refractivity contribution is -0.139. The van der Waals surface area contributed by atoms with Gasteiger partial charge < -0.3 is 21.1 Å². The highest BCUT2D eigenvalue weighted by molar-refractivity contribution is 6.18. The maximum Gasteiger partial charge on any atom is 0.321 e. The average Bonchev–Trinajstić information content (AvgIpc) is 2.72. The highest BCUT2D eigenvalue weighted by Gasteiger charge is 2.18. The van der Waals surface area contributed by atoms with Gasteiger partial charge in [-0.3, -0.25) is 4.79 Å². The molecule has 0 fully saturated rings. The van der Waals surface area contributed by atoms with Gasteiger partial charge >= 0.3 is 5.97 Å². The number of aliphatic carboxylic acids is 1. The molecule has 0 heterocycles. The molecule has 0 aliphatic rings. The average molecular weight is 456 g/mol. The highest BCUT2D eigenvalue weighted by Crippen LogP contribution is 2.16. The van der Waals surface area contributed by atoms with Crippen LogP contribution in [0.25, 0.3) is 0 Å². The van der Waals surface area contributed by atoms with Crippen molar-refractivity contribution in [3.8, 4) is 0 Å².